The van der Waals surface area contributed by atoms with Crippen LogP contribution in [-0.4, -0.2) is 34.1 Å². The maximum absolute atomic E-state index is 4.93. The molecule has 0 aliphatic heterocycles. The van der Waals surface area contributed by atoms with E-state index in [4.69, 9.17) is 4.98 Å². The van der Waals surface area contributed by atoms with Crippen LogP contribution in [0.3, 0.4) is 0 Å². The zero-order valence-corrected chi connectivity index (χ0v) is 16.0. The molecule has 7 nitrogen and oxygen atoms in total. The van der Waals surface area contributed by atoms with Gasteiger partial charge in [-0.3, -0.25) is 4.98 Å². The lowest BCUT2D eigenvalue weighted by Gasteiger charge is -2.09. The van der Waals surface area contributed by atoms with Crippen LogP contribution in [-0.2, 0) is 13.1 Å². The Kier molecular flexibility index (Phi) is 4.32. The predicted octanol–water partition coefficient (Wildman–Crippen LogP) is 3.82. The van der Waals surface area contributed by atoms with E-state index in [1.807, 2.05) is 23.0 Å². The minimum atomic E-state index is 0.596. The number of pyridine rings is 1. The van der Waals surface area contributed by atoms with Gasteiger partial charge in [0, 0.05) is 49.3 Å². The number of fused-ring (bicyclic) bond motifs is 1. The second-order valence-electron chi connectivity index (χ2n) is 6.67. The summed E-state index contributed by atoms with van der Waals surface area (Å²) in [5.41, 5.74) is 4.28. The first-order chi connectivity index (χ1) is 14.3. The minimum absolute atomic E-state index is 0.596. The third-order valence-electron chi connectivity index (χ3n) is 4.93. The van der Waals surface area contributed by atoms with Gasteiger partial charge in [0.1, 0.15) is 5.82 Å². The molecule has 5 aromatic rings. The average molecular weight is 381 g/mol. The number of aromatic nitrogens is 7. The average Bonchev–Trinajstić information content (AvgIpc) is 3.38. The molecule has 0 aliphatic carbocycles. The first-order valence-corrected chi connectivity index (χ1v) is 9.51. The molecule has 0 bridgehead atoms. The smallest absolute Gasteiger partial charge is 0.195 e. The summed E-state index contributed by atoms with van der Waals surface area (Å²) in [7, 11) is 0. The second-order valence-corrected chi connectivity index (χ2v) is 6.67. The van der Waals surface area contributed by atoms with Crippen molar-refractivity contribution in [3.05, 3.63) is 79.4 Å². The molecule has 4 heterocycles. The number of rotatable bonds is 5. The van der Waals surface area contributed by atoms with Gasteiger partial charge in [-0.2, -0.15) is 0 Å². The van der Waals surface area contributed by atoms with Gasteiger partial charge in [-0.25, -0.2) is 19.9 Å². The van der Waals surface area contributed by atoms with Gasteiger partial charge < -0.3 is 9.13 Å². The molecule has 5 rings (SSSR count). The lowest BCUT2D eigenvalue weighted by molar-refractivity contribution is 0.665. The van der Waals surface area contributed by atoms with Crippen molar-refractivity contribution in [2.45, 2.75) is 20.0 Å². The Hall–Kier alpha value is -3.87. The predicted molar refractivity (Wildman–Crippen MR) is 111 cm³/mol. The number of imidazole rings is 2. The maximum atomic E-state index is 4.93. The molecule has 1 aromatic carbocycles. The highest BCUT2D eigenvalue weighted by Gasteiger charge is 2.14. The van der Waals surface area contributed by atoms with Crippen molar-refractivity contribution in [2.24, 2.45) is 0 Å². The molecule has 0 unspecified atom stereocenters. The van der Waals surface area contributed by atoms with Gasteiger partial charge in [-0.1, -0.05) is 12.1 Å². The van der Waals surface area contributed by atoms with Crippen molar-refractivity contribution < 1.29 is 0 Å². The Labute approximate surface area is 167 Å². The molecule has 0 N–H and O–H groups in total. The van der Waals surface area contributed by atoms with E-state index in [0.29, 0.717) is 12.4 Å². The fourth-order valence-corrected chi connectivity index (χ4v) is 3.58. The molecule has 0 aliphatic rings. The Morgan fingerprint density at radius 2 is 1.79 bits per heavy atom. The SMILES string of the molecule is CCn1c(Cn2ccnc2-c2ncccn2)nc2cc(-c3cccnc3)ccc21. The van der Waals surface area contributed by atoms with Gasteiger partial charge in [-0.15, -0.1) is 0 Å². The molecule has 0 amide bonds. The summed E-state index contributed by atoms with van der Waals surface area (Å²) in [4.78, 5) is 22.2. The van der Waals surface area contributed by atoms with Crippen molar-refractivity contribution in [3.63, 3.8) is 0 Å². The Bertz CT molecular complexity index is 1260. The number of benzene rings is 1. The number of hydrogen-bond donors (Lipinski definition) is 0. The van der Waals surface area contributed by atoms with Crippen LogP contribution in [0.4, 0.5) is 0 Å². The van der Waals surface area contributed by atoms with Gasteiger partial charge in [-0.05, 0) is 36.8 Å². The Morgan fingerprint density at radius 3 is 2.59 bits per heavy atom. The summed E-state index contributed by atoms with van der Waals surface area (Å²) >= 11 is 0. The van der Waals surface area contributed by atoms with Crippen LogP contribution in [0.1, 0.15) is 12.7 Å². The van der Waals surface area contributed by atoms with Gasteiger partial charge in [0.15, 0.2) is 11.6 Å². The zero-order valence-electron chi connectivity index (χ0n) is 16.0. The van der Waals surface area contributed by atoms with Crippen LogP contribution in [0.2, 0.25) is 0 Å². The third kappa shape index (κ3) is 3.16. The van der Waals surface area contributed by atoms with Crippen molar-refractivity contribution in [2.75, 3.05) is 0 Å². The number of nitrogens with zero attached hydrogens (tertiary/aromatic N) is 7. The van der Waals surface area contributed by atoms with Crippen LogP contribution in [0.25, 0.3) is 33.8 Å². The highest BCUT2D eigenvalue weighted by Crippen LogP contribution is 2.25. The first kappa shape index (κ1) is 17.2. The molecule has 142 valence electrons. The molecule has 0 fully saturated rings. The summed E-state index contributed by atoms with van der Waals surface area (Å²) < 4.78 is 4.27. The maximum Gasteiger partial charge on any atom is 0.195 e. The normalized spacial score (nSPS) is 11.2. The fourth-order valence-electron chi connectivity index (χ4n) is 3.58. The van der Waals surface area contributed by atoms with E-state index in [0.717, 1.165) is 40.4 Å². The topological polar surface area (TPSA) is 74.3 Å². The standard InChI is InChI=1S/C22H19N7/c1-2-29-19-7-6-16(17-5-3-8-23-14-17)13-18(19)27-20(29)15-28-12-11-26-22(28)21-24-9-4-10-25-21/h3-14H,2,15H2,1H3. The van der Waals surface area contributed by atoms with E-state index in [1.165, 1.54) is 0 Å². The monoisotopic (exact) mass is 381 g/mol. The van der Waals surface area contributed by atoms with Gasteiger partial charge in [0.05, 0.1) is 17.6 Å². The van der Waals surface area contributed by atoms with E-state index in [-0.39, 0.29) is 0 Å². The molecular weight excluding hydrogens is 362 g/mol. The zero-order chi connectivity index (χ0) is 19.6. The summed E-state index contributed by atoms with van der Waals surface area (Å²) in [6.45, 7) is 3.57. The molecule has 7 heteroatoms. The summed E-state index contributed by atoms with van der Waals surface area (Å²) in [5.74, 6) is 2.31. The Morgan fingerprint density at radius 1 is 0.897 bits per heavy atom. The quantitative estimate of drug-likeness (QED) is 0.463. The van der Waals surface area contributed by atoms with Crippen LogP contribution < -0.4 is 0 Å². The number of aryl methyl sites for hydroxylation is 1. The highest BCUT2D eigenvalue weighted by atomic mass is 15.2. The summed E-state index contributed by atoms with van der Waals surface area (Å²) in [6, 6.07) is 12.2. The van der Waals surface area contributed by atoms with E-state index in [9.17, 15) is 0 Å². The number of hydrogen-bond acceptors (Lipinski definition) is 5. The van der Waals surface area contributed by atoms with E-state index >= 15 is 0 Å². The molecule has 0 spiro atoms. The van der Waals surface area contributed by atoms with Crippen LogP contribution >= 0.6 is 0 Å². The lowest BCUT2D eigenvalue weighted by atomic mass is 10.1. The van der Waals surface area contributed by atoms with Crippen LogP contribution in [0, 0.1) is 0 Å². The second kappa shape index (κ2) is 7.27. The first-order valence-electron chi connectivity index (χ1n) is 9.51. The van der Waals surface area contributed by atoms with Gasteiger partial charge >= 0.3 is 0 Å². The van der Waals surface area contributed by atoms with E-state index in [2.05, 4.69) is 55.7 Å². The molecule has 0 radical (unpaired) electrons. The van der Waals surface area contributed by atoms with Crippen LogP contribution in [0.5, 0.6) is 0 Å². The summed E-state index contributed by atoms with van der Waals surface area (Å²) in [6.07, 6.45) is 10.8. The molecule has 0 saturated heterocycles. The fraction of sp³-hybridized carbons (Fsp3) is 0.136. The van der Waals surface area contributed by atoms with Crippen molar-refractivity contribution in [1.29, 1.82) is 0 Å². The third-order valence-corrected chi connectivity index (χ3v) is 4.93. The molecule has 29 heavy (non-hydrogen) atoms. The van der Waals surface area contributed by atoms with Gasteiger partial charge in [0.2, 0.25) is 0 Å². The van der Waals surface area contributed by atoms with Crippen LogP contribution in [0.15, 0.2) is 73.6 Å². The molecular formula is C22H19N7. The molecule has 0 atom stereocenters. The molecule has 0 saturated carbocycles. The highest BCUT2D eigenvalue weighted by molar-refractivity contribution is 5.82. The van der Waals surface area contributed by atoms with E-state index in [1.54, 1.807) is 30.9 Å². The van der Waals surface area contributed by atoms with Crippen molar-refractivity contribution >= 4 is 11.0 Å². The van der Waals surface area contributed by atoms with Crippen molar-refractivity contribution in [3.8, 4) is 22.8 Å². The van der Waals surface area contributed by atoms with Gasteiger partial charge in [0.25, 0.3) is 0 Å². The Balaban J connectivity index is 1.55. The largest absolute Gasteiger partial charge is 0.327 e. The molecule has 4 aromatic heterocycles. The lowest BCUT2D eigenvalue weighted by Crippen LogP contribution is -2.09. The van der Waals surface area contributed by atoms with Crippen molar-refractivity contribution in [1.82, 2.24) is 34.1 Å². The minimum Gasteiger partial charge on any atom is -0.327 e. The summed E-state index contributed by atoms with van der Waals surface area (Å²) in [5, 5.41) is 0. The van der Waals surface area contributed by atoms with E-state index < -0.39 is 0 Å².